The Labute approximate surface area is 140 Å². The van der Waals surface area contributed by atoms with Crippen molar-refractivity contribution < 1.29 is 13.2 Å². The molecular weight excluding hydrogens is 312 g/mol. The molecular formula is C17H28N2O3S. The Morgan fingerprint density at radius 1 is 1.17 bits per heavy atom. The van der Waals surface area contributed by atoms with Crippen LogP contribution in [0, 0.1) is 12.8 Å². The van der Waals surface area contributed by atoms with E-state index in [9.17, 15) is 8.42 Å². The Balaban J connectivity index is 2.02. The Morgan fingerprint density at radius 3 is 2.35 bits per heavy atom. The van der Waals surface area contributed by atoms with Gasteiger partial charge in [-0.2, -0.15) is 0 Å². The van der Waals surface area contributed by atoms with Crippen LogP contribution in [0.15, 0.2) is 29.2 Å². The highest BCUT2D eigenvalue weighted by Gasteiger charge is 2.24. The molecule has 1 aliphatic heterocycles. The van der Waals surface area contributed by atoms with Crippen molar-refractivity contribution in [3.8, 4) is 0 Å². The molecule has 130 valence electrons. The van der Waals surface area contributed by atoms with Crippen molar-refractivity contribution in [2.45, 2.75) is 38.1 Å². The number of nitrogens with zero attached hydrogens (tertiary/aromatic N) is 1. The summed E-state index contributed by atoms with van der Waals surface area (Å²) in [5.74, 6) is 0.520. The predicted molar refractivity (Wildman–Crippen MR) is 92.0 cm³/mol. The molecule has 23 heavy (non-hydrogen) atoms. The molecule has 0 aromatic heterocycles. The fourth-order valence-electron chi connectivity index (χ4n) is 2.85. The van der Waals surface area contributed by atoms with Gasteiger partial charge in [0, 0.05) is 25.7 Å². The molecule has 0 saturated carbocycles. The largest absolute Gasteiger partial charge is 0.379 e. The van der Waals surface area contributed by atoms with Gasteiger partial charge in [0.15, 0.2) is 0 Å². The van der Waals surface area contributed by atoms with Gasteiger partial charge < -0.3 is 4.74 Å². The number of hydrogen-bond donors (Lipinski definition) is 1. The first-order valence-electron chi connectivity index (χ1n) is 8.26. The lowest BCUT2D eigenvalue weighted by Gasteiger charge is -2.35. The van der Waals surface area contributed by atoms with Gasteiger partial charge in [-0.05, 0) is 31.4 Å². The molecule has 2 rings (SSSR count). The Kier molecular flexibility index (Phi) is 6.59. The molecule has 0 spiro atoms. The van der Waals surface area contributed by atoms with Crippen molar-refractivity contribution in [2.24, 2.45) is 5.92 Å². The molecule has 0 radical (unpaired) electrons. The minimum atomic E-state index is -3.45. The van der Waals surface area contributed by atoms with Crippen molar-refractivity contribution in [2.75, 3.05) is 32.8 Å². The zero-order valence-electron chi connectivity index (χ0n) is 14.3. The normalized spacial score (nSPS) is 18.3. The topological polar surface area (TPSA) is 58.6 Å². The van der Waals surface area contributed by atoms with E-state index in [0.29, 0.717) is 17.4 Å². The van der Waals surface area contributed by atoms with Crippen molar-refractivity contribution in [1.29, 1.82) is 0 Å². The van der Waals surface area contributed by atoms with Crippen molar-refractivity contribution >= 4 is 10.0 Å². The lowest BCUT2D eigenvalue weighted by molar-refractivity contribution is 0.0134. The molecule has 1 aliphatic rings. The van der Waals surface area contributed by atoms with Crippen molar-refractivity contribution in [3.63, 3.8) is 0 Å². The number of ether oxygens (including phenoxy) is 1. The fraction of sp³-hybridized carbons (Fsp3) is 0.647. The molecule has 1 aromatic rings. The smallest absolute Gasteiger partial charge is 0.240 e. The molecule has 6 heteroatoms. The van der Waals surface area contributed by atoms with Gasteiger partial charge in [-0.15, -0.1) is 0 Å². The van der Waals surface area contributed by atoms with Gasteiger partial charge in [0.05, 0.1) is 18.1 Å². The number of aryl methyl sites for hydroxylation is 1. The van der Waals surface area contributed by atoms with Gasteiger partial charge in [-0.3, -0.25) is 4.90 Å². The van der Waals surface area contributed by atoms with E-state index in [1.165, 1.54) is 0 Å². The molecule has 0 unspecified atom stereocenters. The number of nitrogens with one attached hydrogen (secondary N) is 1. The molecule has 0 amide bonds. The van der Waals surface area contributed by atoms with E-state index in [4.69, 9.17) is 4.74 Å². The number of hydrogen-bond acceptors (Lipinski definition) is 4. The Bertz CT molecular complexity index is 578. The first-order chi connectivity index (χ1) is 10.9. The number of benzene rings is 1. The summed E-state index contributed by atoms with van der Waals surface area (Å²) in [7, 11) is -3.45. The highest BCUT2D eigenvalue weighted by atomic mass is 32.2. The van der Waals surface area contributed by atoms with Crippen molar-refractivity contribution in [3.05, 3.63) is 29.8 Å². The summed E-state index contributed by atoms with van der Waals surface area (Å²) >= 11 is 0. The molecule has 1 heterocycles. The van der Waals surface area contributed by atoms with Crippen LogP contribution in [0.25, 0.3) is 0 Å². The van der Waals surface area contributed by atoms with Crippen LogP contribution in [-0.4, -0.2) is 52.2 Å². The first-order valence-corrected chi connectivity index (χ1v) is 9.75. The number of morpholine rings is 1. The van der Waals surface area contributed by atoms with Crippen LogP contribution in [0.5, 0.6) is 0 Å². The predicted octanol–water partition coefficient (Wildman–Crippen LogP) is 2.02. The lowest BCUT2D eigenvalue weighted by atomic mass is 10.0. The van der Waals surface area contributed by atoms with E-state index in [2.05, 4.69) is 23.5 Å². The van der Waals surface area contributed by atoms with E-state index in [-0.39, 0.29) is 6.04 Å². The zero-order chi connectivity index (χ0) is 16.9. The molecule has 1 saturated heterocycles. The highest BCUT2D eigenvalue weighted by molar-refractivity contribution is 7.89. The van der Waals surface area contributed by atoms with Gasteiger partial charge in [-0.1, -0.05) is 31.5 Å². The summed E-state index contributed by atoms with van der Waals surface area (Å²) in [5, 5.41) is 0. The minimum Gasteiger partial charge on any atom is -0.379 e. The Morgan fingerprint density at radius 2 is 1.78 bits per heavy atom. The second-order valence-electron chi connectivity index (χ2n) is 6.60. The number of rotatable bonds is 7. The highest BCUT2D eigenvalue weighted by Crippen LogP contribution is 2.15. The van der Waals surface area contributed by atoms with Crippen LogP contribution in [0.2, 0.25) is 0 Å². The second kappa shape index (κ2) is 8.24. The summed E-state index contributed by atoms with van der Waals surface area (Å²) in [6.07, 6.45) is 0.969. The van der Waals surface area contributed by atoms with Gasteiger partial charge >= 0.3 is 0 Å². The molecule has 1 aromatic carbocycles. The second-order valence-corrected chi connectivity index (χ2v) is 8.36. The van der Waals surface area contributed by atoms with Crippen LogP contribution >= 0.6 is 0 Å². The zero-order valence-corrected chi connectivity index (χ0v) is 15.1. The molecule has 5 nitrogen and oxygen atoms in total. The van der Waals surface area contributed by atoms with E-state index in [0.717, 1.165) is 38.3 Å². The van der Waals surface area contributed by atoms with Crippen LogP contribution in [-0.2, 0) is 14.8 Å². The molecule has 1 fully saturated rings. The third-order valence-electron chi connectivity index (χ3n) is 4.15. The summed E-state index contributed by atoms with van der Waals surface area (Å²) < 4.78 is 33.1. The first kappa shape index (κ1) is 18.4. The summed E-state index contributed by atoms with van der Waals surface area (Å²) in [4.78, 5) is 2.66. The third-order valence-corrected chi connectivity index (χ3v) is 5.59. The van der Waals surface area contributed by atoms with Crippen LogP contribution in [0.4, 0.5) is 0 Å². The standard InChI is InChI=1S/C17H28N2O3S/c1-14(2)12-16(19-8-10-22-11-9-19)13-18-23(20,21)17-6-4-15(3)5-7-17/h4-7,14,16,18H,8-13H2,1-3H3/t16-/m1/s1. The van der Waals surface area contributed by atoms with Crippen LogP contribution in [0.3, 0.4) is 0 Å². The van der Waals surface area contributed by atoms with Crippen LogP contribution in [0.1, 0.15) is 25.8 Å². The average molecular weight is 340 g/mol. The summed E-state index contributed by atoms with van der Waals surface area (Å²) in [6, 6.07) is 7.16. The summed E-state index contributed by atoms with van der Waals surface area (Å²) in [6.45, 7) is 9.89. The van der Waals surface area contributed by atoms with E-state index in [1.807, 2.05) is 19.1 Å². The SMILES string of the molecule is Cc1ccc(S(=O)(=O)NC[C@@H](CC(C)C)N2CCOCC2)cc1. The van der Waals surface area contributed by atoms with Gasteiger partial charge in [-0.25, -0.2) is 13.1 Å². The molecule has 0 bridgehead atoms. The van der Waals surface area contributed by atoms with E-state index < -0.39 is 10.0 Å². The maximum atomic E-state index is 12.5. The molecule has 1 atom stereocenters. The van der Waals surface area contributed by atoms with Crippen LogP contribution < -0.4 is 4.72 Å². The van der Waals surface area contributed by atoms with E-state index in [1.54, 1.807) is 12.1 Å². The number of sulfonamides is 1. The molecule has 0 aliphatic carbocycles. The van der Waals surface area contributed by atoms with Gasteiger partial charge in [0.25, 0.3) is 0 Å². The maximum absolute atomic E-state index is 12.5. The van der Waals surface area contributed by atoms with E-state index >= 15 is 0 Å². The van der Waals surface area contributed by atoms with Crippen molar-refractivity contribution in [1.82, 2.24) is 9.62 Å². The molecule has 1 N–H and O–H groups in total. The Hall–Kier alpha value is -0.950. The monoisotopic (exact) mass is 340 g/mol. The van der Waals surface area contributed by atoms with Gasteiger partial charge in [0.1, 0.15) is 0 Å². The van der Waals surface area contributed by atoms with Gasteiger partial charge in [0.2, 0.25) is 10.0 Å². The fourth-order valence-corrected chi connectivity index (χ4v) is 3.93. The summed E-state index contributed by atoms with van der Waals surface area (Å²) in [5.41, 5.74) is 1.05. The average Bonchev–Trinajstić information content (AvgIpc) is 2.52. The third kappa shape index (κ3) is 5.57. The minimum absolute atomic E-state index is 0.208. The lowest BCUT2D eigenvalue weighted by Crippen LogP contribution is -2.49. The maximum Gasteiger partial charge on any atom is 0.240 e. The quantitative estimate of drug-likeness (QED) is 0.825.